The highest BCUT2D eigenvalue weighted by Crippen LogP contribution is 2.39. The third-order valence-electron chi connectivity index (χ3n) is 6.66. The van der Waals surface area contributed by atoms with Crippen LogP contribution in [0.3, 0.4) is 0 Å². The van der Waals surface area contributed by atoms with Crippen LogP contribution in [0.4, 0.5) is 5.00 Å². The van der Waals surface area contributed by atoms with Crippen LogP contribution in [-0.2, 0) is 40.0 Å². The van der Waals surface area contributed by atoms with Gasteiger partial charge in [0.05, 0.1) is 23.3 Å². The van der Waals surface area contributed by atoms with Crippen LogP contribution < -0.4 is 5.32 Å². The van der Waals surface area contributed by atoms with E-state index in [1.165, 1.54) is 11.3 Å². The number of hydrogen-bond donors (Lipinski definition) is 1. The van der Waals surface area contributed by atoms with E-state index in [4.69, 9.17) is 14.5 Å². The number of hydrogen-bond acceptors (Lipinski definition) is 7. The molecule has 0 bridgehead atoms. The fraction of sp³-hybridized carbons (Fsp3) is 0.407. The minimum absolute atomic E-state index is 0.259. The number of pyridine rings is 1. The van der Waals surface area contributed by atoms with Gasteiger partial charge in [-0.05, 0) is 76.0 Å². The van der Waals surface area contributed by atoms with Crippen molar-refractivity contribution in [3.05, 3.63) is 57.1 Å². The minimum atomic E-state index is -1.04. The standard InChI is InChI=1S/C27H28N2O5S/c1-3-33-26(31)23-18-10-5-7-14-21(18)35-25(23)29-24(30)15(2)34-27(32)22-16-9-4-6-12-19(16)28-20-13-8-11-17(20)22/h4,6,9,12,15H,3,5,7-8,10-11,13-14H2,1-2H3,(H,29,30). The predicted molar refractivity (Wildman–Crippen MR) is 134 cm³/mol. The number of anilines is 1. The summed E-state index contributed by atoms with van der Waals surface area (Å²) >= 11 is 1.41. The molecule has 8 heteroatoms. The minimum Gasteiger partial charge on any atom is -0.462 e. The van der Waals surface area contributed by atoms with Gasteiger partial charge >= 0.3 is 11.9 Å². The Kier molecular flexibility index (Phi) is 6.56. The Morgan fingerprint density at radius 1 is 1.00 bits per heavy atom. The molecule has 1 N–H and O–H groups in total. The van der Waals surface area contributed by atoms with Gasteiger partial charge in [-0.3, -0.25) is 9.78 Å². The maximum Gasteiger partial charge on any atom is 0.341 e. The van der Waals surface area contributed by atoms with Gasteiger partial charge < -0.3 is 14.8 Å². The number of thiophene rings is 1. The number of carbonyl (C=O) groups is 3. The number of carbonyl (C=O) groups excluding carboxylic acids is 3. The lowest BCUT2D eigenvalue weighted by molar-refractivity contribution is -0.123. The second-order valence-electron chi connectivity index (χ2n) is 8.96. The van der Waals surface area contributed by atoms with Gasteiger partial charge in [0, 0.05) is 16.0 Å². The fourth-order valence-electron chi connectivity index (χ4n) is 5.00. The maximum atomic E-state index is 13.3. The number of para-hydroxylation sites is 1. The van der Waals surface area contributed by atoms with Crippen molar-refractivity contribution in [1.82, 2.24) is 4.98 Å². The van der Waals surface area contributed by atoms with Crippen molar-refractivity contribution < 1.29 is 23.9 Å². The van der Waals surface area contributed by atoms with Gasteiger partial charge in [0.15, 0.2) is 6.10 Å². The number of aryl methyl sites for hydroxylation is 2. The molecule has 0 spiro atoms. The average Bonchev–Trinajstić information content (AvgIpc) is 3.46. The number of esters is 2. The Morgan fingerprint density at radius 2 is 1.77 bits per heavy atom. The lowest BCUT2D eigenvalue weighted by atomic mass is 9.95. The van der Waals surface area contributed by atoms with E-state index in [0.717, 1.165) is 77.5 Å². The summed E-state index contributed by atoms with van der Waals surface area (Å²) in [6.45, 7) is 3.57. The SMILES string of the molecule is CCOC(=O)c1c(NC(=O)C(C)OC(=O)c2c3c(nc4ccccc24)CCC3)sc2c1CCCC2. The van der Waals surface area contributed by atoms with Crippen LogP contribution in [0.2, 0.25) is 0 Å². The zero-order valence-electron chi connectivity index (χ0n) is 19.9. The summed E-state index contributed by atoms with van der Waals surface area (Å²) in [4.78, 5) is 44.9. The lowest BCUT2D eigenvalue weighted by Crippen LogP contribution is -2.30. The third-order valence-corrected chi connectivity index (χ3v) is 7.87. The molecule has 35 heavy (non-hydrogen) atoms. The predicted octanol–water partition coefficient (Wildman–Crippen LogP) is 5.02. The van der Waals surface area contributed by atoms with Gasteiger partial charge in [-0.2, -0.15) is 0 Å². The van der Waals surface area contributed by atoms with E-state index in [0.29, 0.717) is 16.1 Å². The second-order valence-corrected chi connectivity index (χ2v) is 10.1. The molecule has 0 saturated heterocycles. The van der Waals surface area contributed by atoms with Crippen molar-refractivity contribution in [2.75, 3.05) is 11.9 Å². The van der Waals surface area contributed by atoms with Gasteiger partial charge in [-0.25, -0.2) is 9.59 Å². The summed E-state index contributed by atoms with van der Waals surface area (Å²) in [7, 11) is 0. The summed E-state index contributed by atoms with van der Waals surface area (Å²) in [6.07, 6.45) is 5.23. The van der Waals surface area contributed by atoms with Crippen LogP contribution in [0.1, 0.15) is 75.5 Å². The molecule has 7 nitrogen and oxygen atoms in total. The van der Waals surface area contributed by atoms with Crippen molar-refractivity contribution in [2.24, 2.45) is 0 Å². The summed E-state index contributed by atoms with van der Waals surface area (Å²) < 4.78 is 10.9. The monoisotopic (exact) mass is 492 g/mol. The third kappa shape index (κ3) is 4.43. The Labute approximate surface area is 207 Å². The molecule has 1 atom stereocenters. The summed E-state index contributed by atoms with van der Waals surface area (Å²) in [6, 6.07) is 7.51. The Morgan fingerprint density at radius 3 is 2.60 bits per heavy atom. The van der Waals surface area contributed by atoms with E-state index >= 15 is 0 Å². The van der Waals surface area contributed by atoms with E-state index in [2.05, 4.69) is 5.32 Å². The highest BCUT2D eigenvalue weighted by Gasteiger charge is 2.30. The van der Waals surface area contributed by atoms with E-state index in [9.17, 15) is 14.4 Å². The number of nitrogens with zero attached hydrogens (tertiary/aromatic N) is 1. The first-order valence-corrected chi connectivity index (χ1v) is 13.0. The molecule has 0 aliphatic heterocycles. The van der Waals surface area contributed by atoms with Gasteiger partial charge in [0.25, 0.3) is 5.91 Å². The largest absolute Gasteiger partial charge is 0.462 e. The first-order chi connectivity index (χ1) is 17.0. The molecule has 2 aliphatic carbocycles. The quantitative estimate of drug-likeness (QED) is 0.485. The van der Waals surface area contributed by atoms with Crippen molar-refractivity contribution in [1.29, 1.82) is 0 Å². The zero-order chi connectivity index (χ0) is 24.5. The molecule has 1 unspecified atom stereocenters. The molecule has 0 saturated carbocycles. The first kappa shape index (κ1) is 23.5. The molecule has 5 rings (SSSR count). The molecular formula is C27H28N2O5S. The smallest absolute Gasteiger partial charge is 0.341 e. The number of nitrogens with one attached hydrogen (secondary N) is 1. The molecule has 3 aromatic rings. The van der Waals surface area contributed by atoms with Crippen molar-refractivity contribution in [3.63, 3.8) is 0 Å². The molecule has 182 valence electrons. The molecule has 1 amide bonds. The van der Waals surface area contributed by atoms with Crippen LogP contribution in [0.5, 0.6) is 0 Å². The number of benzene rings is 1. The molecule has 2 heterocycles. The normalized spacial score (nSPS) is 15.3. The van der Waals surface area contributed by atoms with E-state index in [1.54, 1.807) is 13.8 Å². The van der Waals surface area contributed by atoms with E-state index < -0.39 is 23.9 Å². The first-order valence-electron chi connectivity index (χ1n) is 12.2. The molecule has 0 fully saturated rings. The van der Waals surface area contributed by atoms with E-state index in [1.807, 2.05) is 24.3 Å². The number of fused-ring (bicyclic) bond motifs is 3. The van der Waals surface area contributed by atoms with Crippen LogP contribution in [0.25, 0.3) is 10.9 Å². The molecule has 0 radical (unpaired) electrons. The van der Waals surface area contributed by atoms with E-state index in [-0.39, 0.29) is 6.61 Å². The fourth-order valence-corrected chi connectivity index (χ4v) is 6.28. The van der Waals surface area contributed by atoms with Gasteiger partial charge in [-0.1, -0.05) is 18.2 Å². The maximum absolute atomic E-state index is 13.3. The average molecular weight is 493 g/mol. The van der Waals surface area contributed by atoms with Crippen molar-refractivity contribution in [2.45, 2.75) is 64.9 Å². The lowest BCUT2D eigenvalue weighted by Gasteiger charge is -2.16. The zero-order valence-corrected chi connectivity index (χ0v) is 20.8. The van der Waals surface area contributed by atoms with Crippen LogP contribution in [0, 0.1) is 0 Å². The number of rotatable bonds is 6. The number of amides is 1. The van der Waals surface area contributed by atoms with Gasteiger partial charge in [0.2, 0.25) is 0 Å². The number of ether oxygens (including phenoxy) is 2. The molecule has 1 aromatic carbocycles. The Hall–Kier alpha value is -3.26. The topological polar surface area (TPSA) is 94.6 Å². The molecule has 2 aliphatic rings. The highest BCUT2D eigenvalue weighted by molar-refractivity contribution is 7.17. The van der Waals surface area contributed by atoms with Crippen molar-refractivity contribution >= 4 is 45.1 Å². The summed E-state index contributed by atoms with van der Waals surface area (Å²) in [5.74, 6) is -1.43. The molecular weight excluding hydrogens is 464 g/mol. The number of aromatic nitrogens is 1. The van der Waals surface area contributed by atoms with Crippen molar-refractivity contribution in [3.8, 4) is 0 Å². The summed E-state index contributed by atoms with van der Waals surface area (Å²) in [5.41, 5.74) is 4.50. The summed E-state index contributed by atoms with van der Waals surface area (Å²) in [5, 5.41) is 4.05. The van der Waals surface area contributed by atoms with Crippen LogP contribution in [-0.4, -0.2) is 35.5 Å². The second kappa shape index (κ2) is 9.77. The molecule has 2 aromatic heterocycles. The Balaban J connectivity index is 1.38. The highest BCUT2D eigenvalue weighted by atomic mass is 32.1. The van der Waals surface area contributed by atoms with Crippen LogP contribution in [0.15, 0.2) is 24.3 Å². The van der Waals surface area contributed by atoms with Gasteiger partial charge in [0.1, 0.15) is 5.00 Å². The van der Waals surface area contributed by atoms with Crippen LogP contribution >= 0.6 is 11.3 Å². The Bertz CT molecular complexity index is 1330. The van der Waals surface area contributed by atoms with Gasteiger partial charge in [-0.15, -0.1) is 11.3 Å².